The number of anilines is 1. The van der Waals surface area contributed by atoms with Crippen LogP contribution in [0.2, 0.25) is 0 Å². The zero-order valence-electron chi connectivity index (χ0n) is 14.8. The minimum Gasteiger partial charge on any atom is -0.301 e. The lowest BCUT2D eigenvalue weighted by Gasteiger charge is -2.03. The number of aromatic nitrogens is 3. The first-order chi connectivity index (χ1) is 13.6. The highest BCUT2D eigenvalue weighted by molar-refractivity contribution is 7.99. The third kappa shape index (κ3) is 4.35. The number of nitrogens with zero attached hydrogens (tertiary/aromatic N) is 3. The van der Waals surface area contributed by atoms with Gasteiger partial charge in [0.15, 0.2) is 5.13 Å². The molecule has 2 aromatic carbocycles. The summed E-state index contributed by atoms with van der Waals surface area (Å²) in [4.78, 5) is 16.6. The highest BCUT2D eigenvalue weighted by Gasteiger charge is 2.10. The number of carbonyl (C=O) groups excluding carboxylic acids is 1. The van der Waals surface area contributed by atoms with Crippen LogP contribution in [-0.4, -0.2) is 26.8 Å². The van der Waals surface area contributed by atoms with Gasteiger partial charge in [-0.3, -0.25) is 4.79 Å². The predicted molar refractivity (Wildman–Crippen MR) is 111 cm³/mol. The van der Waals surface area contributed by atoms with E-state index >= 15 is 0 Å². The van der Waals surface area contributed by atoms with Gasteiger partial charge in [-0.2, -0.15) is 0 Å². The molecule has 140 valence electrons. The first kappa shape index (κ1) is 18.5. The van der Waals surface area contributed by atoms with Crippen molar-refractivity contribution < 1.29 is 9.18 Å². The minimum absolute atomic E-state index is 0.148. The van der Waals surface area contributed by atoms with E-state index in [2.05, 4.69) is 26.6 Å². The van der Waals surface area contributed by atoms with Crippen molar-refractivity contribution in [1.82, 2.24) is 15.2 Å². The topological polar surface area (TPSA) is 67.8 Å². The second-order valence-electron chi connectivity index (χ2n) is 6.09. The molecule has 2 heterocycles. The summed E-state index contributed by atoms with van der Waals surface area (Å²) in [5.41, 5.74) is 3.47. The molecular formula is C20H15FN4OS2. The summed E-state index contributed by atoms with van der Waals surface area (Å²) in [7, 11) is 0. The fourth-order valence-electron chi connectivity index (χ4n) is 2.55. The molecule has 5 nitrogen and oxygen atoms in total. The van der Waals surface area contributed by atoms with E-state index in [4.69, 9.17) is 0 Å². The third-order valence-electron chi connectivity index (χ3n) is 3.92. The number of nitrogens with one attached hydrogen (secondary N) is 1. The number of amides is 1. The normalized spacial score (nSPS) is 10.9. The van der Waals surface area contributed by atoms with Gasteiger partial charge in [-0.1, -0.05) is 29.2 Å². The Kier molecular flexibility index (Phi) is 5.31. The van der Waals surface area contributed by atoms with E-state index in [1.165, 1.54) is 35.2 Å². The Balaban J connectivity index is 1.35. The van der Waals surface area contributed by atoms with Crippen LogP contribution in [0.1, 0.15) is 5.56 Å². The molecule has 0 aliphatic heterocycles. The molecule has 1 N–H and O–H groups in total. The summed E-state index contributed by atoms with van der Waals surface area (Å²) in [6, 6.07) is 15.7. The molecule has 4 aromatic rings. The van der Waals surface area contributed by atoms with E-state index in [-0.39, 0.29) is 17.5 Å². The number of benzene rings is 2. The SMILES string of the molecule is Cc1ccc2nc(NC(=O)CSc3ccc(-c4ccc(F)cc4)nn3)sc2c1. The predicted octanol–water partition coefficient (Wildman–Crippen LogP) is 4.93. The van der Waals surface area contributed by atoms with Gasteiger partial charge in [-0.25, -0.2) is 9.37 Å². The molecule has 0 spiro atoms. The maximum atomic E-state index is 13.0. The van der Waals surface area contributed by atoms with Gasteiger partial charge in [0.1, 0.15) is 10.8 Å². The zero-order valence-corrected chi connectivity index (χ0v) is 16.5. The number of rotatable bonds is 5. The largest absolute Gasteiger partial charge is 0.301 e. The number of thioether (sulfide) groups is 1. The van der Waals surface area contributed by atoms with Crippen molar-refractivity contribution in [3.8, 4) is 11.3 Å². The van der Waals surface area contributed by atoms with Crippen molar-refractivity contribution in [2.45, 2.75) is 11.9 Å². The van der Waals surface area contributed by atoms with Crippen LogP contribution < -0.4 is 5.32 Å². The number of thiazole rings is 1. The van der Waals surface area contributed by atoms with E-state index in [1.54, 1.807) is 24.3 Å². The van der Waals surface area contributed by atoms with Gasteiger partial charge in [0.2, 0.25) is 5.91 Å². The molecule has 0 atom stereocenters. The number of fused-ring (bicyclic) bond motifs is 1. The highest BCUT2D eigenvalue weighted by Crippen LogP contribution is 2.27. The van der Waals surface area contributed by atoms with E-state index in [0.29, 0.717) is 15.9 Å². The lowest BCUT2D eigenvalue weighted by Crippen LogP contribution is -2.13. The minimum atomic E-state index is -0.293. The van der Waals surface area contributed by atoms with E-state index in [0.717, 1.165) is 21.3 Å². The van der Waals surface area contributed by atoms with Gasteiger partial charge in [0.25, 0.3) is 0 Å². The molecule has 8 heteroatoms. The van der Waals surface area contributed by atoms with Crippen LogP contribution in [0, 0.1) is 12.7 Å². The van der Waals surface area contributed by atoms with Gasteiger partial charge < -0.3 is 5.32 Å². The van der Waals surface area contributed by atoms with Gasteiger partial charge in [-0.05, 0) is 61.0 Å². The summed E-state index contributed by atoms with van der Waals surface area (Å²) in [6.07, 6.45) is 0. The van der Waals surface area contributed by atoms with Gasteiger partial charge in [0.05, 0.1) is 21.7 Å². The Morgan fingerprint density at radius 2 is 1.93 bits per heavy atom. The summed E-state index contributed by atoms with van der Waals surface area (Å²) in [6.45, 7) is 2.02. The maximum absolute atomic E-state index is 13.0. The average molecular weight is 410 g/mol. The smallest absolute Gasteiger partial charge is 0.236 e. The molecule has 0 aliphatic rings. The Bertz CT molecular complexity index is 1130. The molecule has 0 saturated heterocycles. The van der Waals surface area contributed by atoms with Crippen LogP contribution in [0.15, 0.2) is 59.6 Å². The van der Waals surface area contributed by atoms with E-state index in [9.17, 15) is 9.18 Å². The molecule has 2 aromatic heterocycles. The fraction of sp³-hybridized carbons (Fsp3) is 0.100. The lowest BCUT2D eigenvalue weighted by molar-refractivity contribution is -0.113. The Labute approximate surface area is 169 Å². The molecule has 4 rings (SSSR count). The number of hydrogen-bond acceptors (Lipinski definition) is 6. The van der Waals surface area contributed by atoms with Crippen LogP contribution in [0.3, 0.4) is 0 Å². The van der Waals surface area contributed by atoms with Crippen molar-refractivity contribution in [2.24, 2.45) is 0 Å². The molecule has 0 saturated carbocycles. The molecule has 28 heavy (non-hydrogen) atoms. The van der Waals surface area contributed by atoms with Gasteiger partial charge >= 0.3 is 0 Å². The van der Waals surface area contributed by atoms with E-state index in [1.807, 2.05) is 19.1 Å². The maximum Gasteiger partial charge on any atom is 0.236 e. The van der Waals surface area contributed by atoms with Crippen molar-refractivity contribution in [1.29, 1.82) is 0 Å². The Morgan fingerprint density at radius 1 is 1.11 bits per heavy atom. The number of halogens is 1. The number of carbonyl (C=O) groups is 1. The summed E-state index contributed by atoms with van der Waals surface area (Å²) in [5, 5.41) is 12.3. The molecule has 0 radical (unpaired) electrons. The lowest BCUT2D eigenvalue weighted by atomic mass is 10.1. The summed E-state index contributed by atoms with van der Waals surface area (Å²) < 4.78 is 14.0. The van der Waals surface area contributed by atoms with Gasteiger partial charge in [-0.15, -0.1) is 10.2 Å². The Hall–Kier alpha value is -2.84. The first-order valence-electron chi connectivity index (χ1n) is 8.46. The summed E-state index contributed by atoms with van der Waals surface area (Å²) >= 11 is 2.75. The van der Waals surface area contributed by atoms with Crippen molar-refractivity contribution in [3.05, 3.63) is 66.0 Å². The quantitative estimate of drug-likeness (QED) is 0.473. The molecule has 0 bridgehead atoms. The van der Waals surface area contributed by atoms with Crippen LogP contribution in [0.25, 0.3) is 21.5 Å². The molecule has 0 unspecified atom stereocenters. The standard InChI is InChI=1S/C20H15FN4OS2/c1-12-2-7-16-17(10-12)28-20(22-16)23-18(26)11-27-19-9-8-15(24-25-19)13-3-5-14(21)6-4-13/h2-10H,11H2,1H3,(H,22,23,26). The number of hydrogen-bond donors (Lipinski definition) is 1. The number of aryl methyl sites for hydroxylation is 1. The molecule has 1 amide bonds. The average Bonchev–Trinajstić information content (AvgIpc) is 3.08. The van der Waals surface area contributed by atoms with Crippen molar-refractivity contribution in [2.75, 3.05) is 11.1 Å². The monoisotopic (exact) mass is 410 g/mol. The fourth-order valence-corrected chi connectivity index (χ4v) is 4.15. The molecule has 0 fully saturated rings. The van der Waals surface area contributed by atoms with Crippen LogP contribution in [0.4, 0.5) is 9.52 Å². The van der Waals surface area contributed by atoms with Crippen LogP contribution in [-0.2, 0) is 4.79 Å². The van der Waals surface area contributed by atoms with Gasteiger partial charge in [0, 0.05) is 5.56 Å². The second kappa shape index (κ2) is 8.04. The van der Waals surface area contributed by atoms with Crippen LogP contribution >= 0.6 is 23.1 Å². The van der Waals surface area contributed by atoms with Crippen molar-refractivity contribution in [3.63, 3.8) is 0 Å². The zero-order chi connectivity index (χ0) is 19.5. The Morgan fingerprint density at radius 3 is 2.68 bits per heavy atom. The second-order valence-corrected chi connectivity index (χ2v) is 8.12. The van der Waals surface area contributed by atoms with Crippen LogP contribution in [0.5, 0.6) is 0 Å². The van der Waals surface area contributed by atoms with E-state index < -0.39 is 0 Å². The third-order valence-corrected chi connectivity index (χ3v) is 5.78. The molecule has 0 aliphatic carbocycles. The highest BCUT2D eigenvalue weighted by atomic mass is 32.2. The first-order valence-corrected chi connectivity index (χ1v) is 10.3. The molecular weight excluding hydrogens is 395 g/mol. The van der Waals surface area contributed by atoms with Crippen molar-refractivity contribution >= 4 is 44.4 Å². The summed E-state index contributed by atoms with van der Waals surface area (Å²) in [5.74, 6) is -0.233.